The second kappa shape index (κ2) is 9.06. The molecule has 1 aromatic rings. The molecule has 4 rings (SSSR count). The predicted molar refractivity (Wildman–Crippen MR) is 113 cm³/mol. The molecule has 0 N–H and O–H groups in total. The van der Waals surface area contributed by atoms with Gasteiger partial charge in [0, 0.05) is 77.5 Å². The SMILES string of the molecule is C#CCCC1(CCC(=O)N2CCN(C3CCN(Cc4ccccc4)C3)CC2)N=N1. The Bertz CT molecular complexity index is 757. The first-order valence-corrected chi connectivity index (χ1v) is 10.8. The minimum atomic E-state index is -0.351. The number of carbonyl (C=O) groups is 1. The Morgan fingerprint density at radius 3 is 2.55 bits per heavy atom. The zero-order valence-electron chi connectivity index (χ0n) is 17.2. The monoisotopic (exact) mass is 393 g/mol. The maximum atomic E-state index is 12.6. The van der Waals surface area contributed by atoms with Crippen LogP contribution in [-0.4, -0.2) is 71.6 Å². The molecule has 0 saturated carbocycles. The maximum Gasteiger partial charge on any atom is 0.222 e. The molecule has 6 heteroatoms. The second-order valence-corrected chi connectivity index (χ2v) is 8.47. The summed E-state index contributed by atoms with van der Waals surface area (Å²) < 4.78 is 0. The number of hydrogen-bond donors (Lipinski definition) is 0. The molecule has 3 aliphatic heterocycles. The average molecular weight is 394 g/mol. The van der Waals surface area contributed by atoms with E-state index in [2.05, 4.69) is 56.3 Å². The van der Waals surface area contributed by atoms with Gasteiger partial charge in [0.25, 0.3) is 0 Å². The Kier molecular flexibility index (Phi) is 6.27. The summed E-state index contributed by atoms with van der Waals surface area (Å²) in [6.07, 6.45) is 9.21. The van der Waals surface area contributed by atoms with E-state index in [1.54, 1.807) is 0 Å². The van der Waals surface area contributed by atoms with Gasteiger partial charge in [-0.25, -0.2) is 0 Å². The van der Waals surface area contributed by atoms with Crippen LogP contribution < -0.4 is 0 Å². The number of terminal acetylenes is 1. The van der Waals surface area contributed by atoms with Crippen molar-refractivity contribution in [2.24, 2.45) is 10.2 Å². The van der Waals surface area contributed by atoms with E-state index in [1.165, 1.54) is 12.0 Å². The number of benzene rings is 1. The van der Waals surface area contributed by atoms with E-state index in [0.717, 1.165) is 52.2 Å². The summed E-state index contributed by atoms with van der Waals surface area (Å²) in [5.74, 6) is 2.87. The molecule has 0 aromatic heterocycles. The second-order valence-electron chi connectivity index (χ2n) is 8.47. The Labute approximate surface area is 174 Å². The van der Waals surface area contributed by atoms with Gasteiger partial charge in [-0.15, -0.1) is 12.3 Å². The third kappa shape index (κ3) is 5.23. The quantitative estimate of drug-likeness (QED) is 0.638. The summed E-state index contributed by atoms with van der Waals surface area (Å²) in [5, 5.41) is 8.27. The number of carbonyl (C=O) groups excluding carboxylic acids is 1. The molecule has 1 amide bonds. The maximum absolute atomic E-state index is 12.6. The molecular formula is C23H31N5O. The van der Waals surface area contributed by atoms with Crippen LogP contribution in [0.4, 0.5) is 0 Å². The number of nitrogens with zero attached hydrogens (tertiary/aromatic N) is 5. The molecule has 1 unspecified atom stereocenters. The van der Waals surface area contributed by atoms with Gasteiger partial charge in [-0.05, 0) is 12.0 Å². The lowest BCUT2D eigenvalue weighted by Gasteiger charge is -2.38. The molecule has 0 aliphatic carbocycles. The van der Waals surface area contributed by atoms with E-state index < -0.39 is 0 Å². The minimum Gasteiger partial charge on any atom is -0.340 e. The normalized spacial score (nSPS) is 23.8. The minimum absolute atomic E-state index is 0.235. The lowest BCUT2D eigenvalue weighted by atomic mass is 10.0. The Balaban J connectivity index is 1.17. The predicted octanol–water partition coefficient (Wildman–Crippen LogP) is 2.76. The highest BCUT2D eigenvalue weighted by molar-refractivity contribution is 5.76. The van der Waals surface area contributed by atoms with Crippen molar-refractivity contribution in [2.75, 3.05) is 39.3 Å². The first-order chi connectivity index (χ1) is 14.2. The Morgan fingerprint density at radius 1 is 1.10 bits per heavy atom. The molecule has 0 spiro atoms. The van der Waals surface area contributed by atoms with Crippen LogP contribution in [0.2, 0.25) is 0 Å². The van der Waals surface area contributed by atoms with Crippen molar-refractivity contribution in [3.05, 3.63) is 35.9 Å². The van der Waals surface area contributed by atoms with Gasteiger partial charge < -0.3 is 4.90 Å². The van der Waals surface area contributed by atoms with Crippen LogP contribution in [-0.2, 0) is 11.3 Å². The van der Waals surface area contributed by atoms with E-state index in [4.69, 9.17) is 6.42 Å². The largest absolute Gasteiger partial charge is 0.340 e. The Morgan fingerprint density at radius 2 is 1.86 bits per heavy atom. The smallest absolute Gasteiger partial charge is 0.222 e. The topological polar surface area (TPSA) is 51.5 Å². The van der Waals surface area contributed by atoms with Crippen molar-refractivity contribution in [1.29, 1.82) is 0 Å². The standard InChI is InChI=1S/C23H31N5O/c1-2-3-11-23(24-25-23)12-9-22(29)28-16-14-27(15-17-28)21-10-13-26(19-21)18-20-7-5-4-6-8-20/h1,4-8,21H,3,9-19H2. The summed E-state index contributed by atoms with van der Waals surface area (Å²) in [6, 6.07) is 11.3. The lowest BCUT2D eigenvalue weighted by Crippen LogP contribution is -2.52. The molecule has 0 bridgehead atoms. The van der Waals surface area contributed by atoms with Crippen molar-refractivity contribution >= 4 is 5.91 Å². The molecule has 3 heterocycles. The van der Waals surface area contributed by atoms with E-state index in [-0.39, 0.29) is 11.6 Å². The number of likely N-dealkylation sites (tertiary alicyclic amines) is 1. The van der Waals surface area contributed by atoms with Crippen molar-refractivity contribution in [1.82, 2.24) is 14.7 Å². The fourth-order valence-corrected chi connectivity index (χ4v) is 4.57. The molecule has 29 heavy (non-hydrogen) atoms. The van der Waals surface area contributed by atoms with Crippen LogP contribution in [0.1, 0.15) is 37.7 Å². The molecule has 2 saturated heterocycles. The van der Waals surface area contributed by atoms with Crippen LogP contribution in [0.3, 0.4) is 0 Å². The lowest BCUT2D eigenvalue weighted by molar-refractivity contribution is -0.133. The van der Waals surface area contributed by atoms with Crippen molar-refractivity contribution in [2.45, 2.75) is 50.4 Å². The van der Waals surface area contributed by atoms with Gasteiger partial charge in [0.1, 0.15) is 0 Å². The molecule has 2 fully saturated rings. The zero-order chi connectivity index (χ0) is 20.1. The van der Waals surface area contributed by atoms with E-state index in [9.17, 15) is 4.79 Å². The molecule has 3 aliphatic rings. The highest BCUT2D eigenvalue weighted by Gasteiger charge is 2.40. The highest BCUT2D eigenvalue weighted by Crippen LogP contribution is 2.37. The van der Waals surface area contributed by atoms with E-state index in [0.29, 0.717) is 25.3 Å². The van der Waals surface area contributed by atoms with Crippen molar-refractivity contribution in [3.63, 3.8) is 0 Å². The fourth-order valence-electron chi connectivity index (χ4n) is 4.57. The van der Waals surface area contributed by atoms with Crippen molar-refractivity contribution in [3.8, 4) is 12.3 Å². The molecule has 6 nitrogen and oxygen atoms in total. The number of hydrogen-bond acceptors (Lipinski definition) is 5. The fraction of sp³-hybridized carbons (Fsp3) is 0.609. The third-order valence-corrected chi connectivity index (χ3v) is 6.47. The summed E-state index contributed by atoms with van der Waals surface area (Å²) in [6.45, 7) is 6.95. The number of rotatable bonds is 8. The van der Waals surface area contributed by atoms with Gasteiger partial charge in [0.2, 0.25) is 5.91 Å². The van der Waals surface area contributed by atoms with Crippen LogP contribution in [0.5, 0.6) is 0 Å². The molecule has 1 aromatic carbocycles. The van der Waals surface area contributed by atoms with Gasteiger partial charge in [-0.2, -0.15) is 10.2 Å². The van der Waals surface area contributed by atoms with Gasteiger partial charge in [0.15, 0.2) is 5.66 Å². The van der Waals surface area contributed by atoms with Gasteiger partial charge in [-0.1, -0.05) is 30.3 Å². The van der Waals surface area contributed by atoms with Crippen molar-refractivity contribution < 1.29 is 4.79 Å². The van der Waals surface area contributed by atoms with Crippen LogP contribution in [0.25, 0.3) is 0 Å². The molecule has 1 atom stereocenters. The van der Waals surface area contributed by atoms with E-state index in [1.807, 2.05) is 4.90 Å². The zero-order valence-corrected chi connectivity index (χ0v) is 17.2. The average Bonchev–Trinajstić information content (AvgIpc) is 3.39. The van der Waals surface area contributed by atoms with E-state index >= 15 is 0 Å². The van der Waals surface area contributed by atoms with Gasteiger partial charge >= 0.3 is 0 Å². The number of piperazine rings is 1. The molecule has 0 radical (unpaired) electrons. The highest BCUT2D eigenvalue weighted by atomic mass is 16.2. The van der Waals surface area contributed by atoms with Crippen LogP contribution >= 0.6 is 0 Å². The molecule has 154 valence electrons. The van der Waals surface area contributed by atoms with Gasteiger partial charge in [-0.3, -0.25) is 14.6 Å². The number of amides is 1. The summed E-state index contributed by atoms with van der Waals surface area (Å²) >= 11 is 0. The van der Waals surface area contributed by atoms with Gasteiger partial charge in [0.05, 0.1) is 0 Å². The summed E-state index contributed by atoms with van der Waals surface area (Å²) in [5.41, 5.74) is 1.04. The molecular weight excluding hydrogens is 362 g/mol. The first-order valence-electron chi connectivity index (χ1n) is 10.8. The van der Waals surface area contributed by atoms with Crippen LogP contribution in [0, 0.1) is 12.3 Å². The third-order valence-electron chi connectivity index (χ3n) is 6.47. The van der Waals surface area contributed by atoms with Crippen LogP contribution in [0.15, 0.2) is 40.6 Å². The summed E-state index contributed by atoms with van der Waals surface area (Å²) in [7, 11) is 0. The Hall–Kier alpha value is -2.23. The summed E-state index contributed by atoms with van der Waals surface area (Å²) in [4.78, 5) is 19.8. The first kappa shape index (κ1) is 20.1.